The highest BCUT2D eigenvalue weighted by molar-refractivity contribution is 7.92. The quantitative estimate of drug-likeness (QED) is 0.791. The molecule has 0 saturated carbocycles. The maximum Gasteiger partial charge on any atom is 0.308 e. The Labute approximate surface area is 161 Å². The lowest BCUT2D eigenvalue weighted by Gasteiger charge is -2.17. The molecular weight excluding hydrogens is 392 g/mol. The molecule has 0 bridgehead atoms. The molecule has 27 heavy (non-hydrogen) atoms. The van der Waals surface area contributed by atoms with Gasteiger partial charge in [-0.1, -0.05) is 17.7 Å². The number of carbonyl (C=O) groups is 2. The van der Waals surface area contributed by atoms with E-state index in [0.717, 1.165) is 5.56 Å². The Bertz CT molecular complexity index is 1000. The summed E-state index contributed by atoms with van der Waals surface area (Å²) in [6.07, 6.45) is -0.0645. The van der Waals surface area contributed by atoms with Gasteiger partial charge in [-0.2, -0.15) is 0 Å². The monoisotopic (exact) mass is 408 g/mol. The van der Waals surface area contributed by atoms with Crippen molar-refractivity contribution in [3.8, 4) is 0 Å². The van der Waals surface area contributed by atoms with E-state index in [0.29, 0.717) is 16.4 Å². The number of anilines is 2. The van der Waals surface area contributed by atoms with Crippen molar-refractivity contribution >= 4 is 44.9 Å². The number of nitrogens with zero attached hydrogens (tertiary/aromatic N) is 1. The Hall–Kier alpha value is -2.58. The molecule has 1 amide bonds. The molecule has 1 atom stereocenters. The highest BCUT2D eigenvalue weighted by Crippen LogP contribution is 2.28. The first-order chi connectivity index (χ1) is 12.7. The minimum atomic E-state index is -3.84. The third-order valence-corrected chi connectivity index (χ3v) is 5.99. The van der Waals surface area contributed by atoms with E-state index in [1.165, 1.54) is 35.2 Å². The molecule has 7 nitrogen and oxygen atoms in total. The van der Waals surface area contributed by atoms with Gasteiger partial charge in [0.25, 0.3) is 10.0 Å². The summed E-state index contributed by atoms with van der Waals surface area (Å²) in [6, 6.07) is 10.6. The van der Waals surface area contributed by atoms with Gasteiger partial charge in [0.15, 0.2) is 0 Å². The van der Waals surface area contributed by atoms with Gasteiger partial charge in [-0.15, -0.1) is 0 Å². The molecule has 0 spiro atoms. The highest BCUT2D eigenvalue weighted by atomic mass is 35.5. The van der Waals surface area contributed by atoms with Gasteiger partial charge in [0.05, 0.1) is 16.5 Å². The van der Waals surface area contributed by atoms with E-state index in [1.807, 2.05) is 0 Å². The fourth-order valence-electron chi connectivity index (χ4n) is 2.84. The third-order valence-electron chi connectivity index (χ3n) is 4.38. The van der Waals surface area contributed by atoms with Crippen molar-refractivity contribution in [2.45, 2.75) is 18.2 Å². The van der Waals surface area contributed by atoms with Crippen molar-refractivity contribution in [3.63, 3.8) is 0 Å². The second-order valence-corrected chi connectivity index (χ2v) is 8.42. The van der Waals surface area contributed by atoms with Gasteiger partial charge in [0.1, 0.15) is 0 Å². The molecule has 2 N–H and O–H groups in total. The van der Waals surface area contributed by atoms with E-state index in [2.05, 4.69) is 4.72 Å². The van der Waals surface area contributed by atoms with E-state index in [1.54, 1.807) is 19.1 Å². The average molecular weight is 409 g/mol. The minimum absolute atomic E-state index is 0.0204. The van der Waals surface area contributed by atoms with Gasteiger partial charge in [0, 0.05) is 23.7 Å². The van der Waals surface area contributed by atoms with E-state index < -0.39 is 21.9 Å². The number of amides is 1. The molecule has 3 rings (SSSR count). The van der Waals surface area contributed by atoms with E-state index in [4.69, 9.17) is 16.7 Å². The molecular formula is C18H17ClN2O5S. The molecule has 1 aliphatic rings. The largest absolute Gasteiger partial charge is 0.481 e. The van der Waals surface area contributed by atoms with Gasteiger partial charge in [-0.05, 0) is 48.9 Å². The summed E-state index contributed by atoms with van der Waals surface area (Å²) in [4.78, 5) is 24.4. The van der Waals surface area contributed by atoms with Crippen LogP contribution < -0.4 is 9.62 Å². The molecule has 1 aliphatic heterocycles. The van der Waals surface area contributed by atoms with Crippen molar-refractivity contribution in [1.82, 2.24) is 0 Å². The number of halogens is 1. The molecule has 142 valence electrons. The maximum absolute atomic E-state index is 12.6. The van der Waals surface area contributed by atoms with Crippen LogP contribution >= 0.6 is 11.6 Å². The van der Waals surface area contributed by atoms with Crippen molar-refractivity contribution in [3.05, 3.63) is 53.1 Å². The normalized spacial score (nSPS) is 17.2. The summed E-state index contributed by atoms with van der Waals surface area (Å²) in [5, 5.41) is 9.46. The summed E-state index contributed by atoms with van der Waals surface area (Å²) >= 11 is 5.92. The zero-order valence-corrected chi connectivity index (χ0v) is 15.9. The van der Waals surface area contributed by atoms with E-state index >= 15 is 0 Å². The first kappa shape index (κ1) is 19.2. The number of carbonyl (C=O) groups excluding carboxylic acids is 1. The second kappa shape index (κ2) is 7.21. The van der Waals surface area contributed by atoms with Gasteiger partial charge < -0.3 is 10.0 Å². The van der Waals surface area contributed by atoms with Crippen LogP contribution in [0.2, 0.25) is 5.02 Å². The predicted molar refractivity (Wildman–Crippen MR) is 102 cm³/mol. The lowest BCUT2D eigenvalue weighted by atomic mass is 10.1. The number of benzene rings is 2. The van der Waals surface area contributed by atoms with Gasteiger partial charge in [0.2, 0.25) is 5.91 Å². The van der Waals surface area contributed by atoms with Crippen LogP contribution in [0.4, 0.5) is 11.4 Å². The number of aryl methyl sites for hydroxylation is 1. The molecule has 2 aromatic carbocycles. The zero-order valence-electron chi connectivity index (χ0n) is 14.3. The SMILES string of the molecule is Cc1ccc(Cl)cc1NS(=O)(=O)c1ccc(N2C[C@H](C(=O)O)CC2=O)cc1. The van der Waals surface area contributed by atoms with Crippen LogP contribution in [0.5, 0.6) is 0 Å². The summed E-state index contributed by atoms with van der Waals surface area (Å²) in [5.74, 6) is -2.08. The van der Waals surface area contributed by atoms with Crippen molar-refractivity contribution in [2.75, 3.05) is 16.2 Å². The Balaban J connectivity index is 1.81. The molecule has 1 saturated heterocycles. The highest BCUT2D eigenvalue weighted by Gasteiger charge is 2.35. The number of rotatable bonds is 5. The van der Waals surface area contributed by atoms with E-state index in [-0.39, 0.29) is 23.8 Å². The molecule has 0 aliphatic carbocycles. The fourth-order valence-corrected chi connectivity index (χ4v) is 4.13. The average Bonchev–Trinajstić information content (AvgIpc) is 3.00. The van der Waals surface area contributed by atoms with Crippen molar-refractivity contribution in [1.29, 1.82) is 0 Å². The molecule has 1 fully saturated rings. The summed E-state index contributed by atoms with van der Waals surface area (Å²) in [7, 11) is -3.84. The summed E-state index contributed by atoms with van der Waals surface area (Å²) in [5.41, 5.74) is 1.56. The van der Waals surface area contributed by atoms with Gasteiger partial charge in [-0.25, -0.2) is 8.42 Å². The number of hydrogen-bond acceptors (Lipinski definition) is 4. The van der Waals surface area contributed by atoms with E-state index in [9.17, 15) is 18.0 Å². The topological polar surface area (TPSA) is 104 Å². The summed E-state index contributed by atoms with van der Waals surface area (Å²) in [6.45, 7) is 1.83. The Morgan fingerprint density at radius 1 is 1.22 bits per heavy atom. The number of nitrogens with one attached hydrogen (secondary N) is 1. The van der Waals surface area contributed by atoms with Crippen LogP contribution in [-0.2, 0) is 19.6 Å². The van der Waals surface area contributed by atoms with Crippen LogP contribution in [0.25, 0.3) is 0 Å². The number of hydrogen-bond donors (Lipinski definition) is 2. The molecule has 9 heteroatoms. The molecule has 2 aromatic rings. The number of carboxylic acid groups (broad SMARTS) is 1. The minimum Gasteiger partial charge on any atom is -0.481 e. The molecule has 0 aromatic heterocycles. The van der Waals surface area contributed by atoms with Crippen LogP contribution in [0.1, 0.15) is 12.0 Å². The molecule has 1 heterocycles. The smallest absolute Gasteiger partial charge is 0.308 e. The Morgan fingerprint density at radius 3 is 2.48 bits per heavy atom. The van der Waals surface area contributed by atoms with Crippen LogP contribution in [0, 0.1) is 12.8 Å². The fraction of sp³-hybridized carbons (Fsp3) is 0.222. The standard InChI is InChI=1S/C18H17ClN2O5S/c1-11-2-3-13(19)9-16(11)20-27(25,26)15-6-4-14(5-7-15)21-10-12(18(23)24)8-17(21)22/h2-7,9,12,20H,8,10H2,1H3,(H,23,24)/t12-/m1/s1. The van der Waals surface area contributed by atoms with Gasteiger partial charge >= 0.3 is 5.97 Å². The number of carboxylic acids is 1. The maximum atomic E-state index is 12.6. The Morgan fingerprint density at radius 2 is 1.89 bits per heavy atom. The predicted octanol–water partition coefficient (Wildman–Crippen LogP) is 2.89. The lowest BCUT2D eigenvalue weighted by molar-refractivity contribution is -0.141. The molecule has 0 radical (unpaired) electrons. The third kappa shape index (κ3) is 4.06. The number of sulfonamides is 1. The summed E-state index contributed by atoms with van der Waals surface area (Å²) < 4.78 is 27.7. The van der Waals surface area contributed by atoms with Crippen LogP contribution in [-0.4, -0.2) is 31.9 Å². The molecule has 0 unspecified atom stereocenters. The van der Waals surface area contributed by atoms with Crippen LogP contribution in [0.3, 0.4) is 0 Å². The van der Waals surface area contributed by atoms with Gasteiger partial charge in [-0.3, -0.25) is 14.3 Å². The second-order valence-electron chi connectivity index (χ2n) is 6.30. The van der Waals surface area contributed by atoms with Crippen LogP contribution in [0.15, 0.2) is 47.4 Å². The van der Waals surface area contributed by atoms with Crippen molar-refractivity contribution < 1.29 is 23.1 Å². The number of aliphatic carboxylic acids is 1. The first-order valence-electron chi connectivity index (χ1n) is 8.09. The first-order valence-corrected chi connectivity index (χ1v) is 9.96. The zero-order chi connectivity index (χ0) is 19.8. The Kier molecular flexibility index (Phi) is 5.12. The lowest BCUT2D eigenvalue weighted by Crippen LogP contribution is -2.25. The van der Waals surface area contributed by atoms with Crippen molar-refractivity contribution in [2.24, 2.45) is 5.92 Å².